The van der Waals surface area contributed by atoms with Crippen molar-refractivity contribution in [2.45, 2.75) is 26.2 Å². The van der Waals surface area contributed by atoms with Gasteiger partial charge in [-0.25, -0.2) is 4.68 Å². The molecule has 0 bridgehead atoms. The number of benzene rings is 1. The number of ether oxygens (including phenoxy) is 1. The van der Waals surface area contributed by atoms with Gasteiger partial charge in [-0.1, -0.05) is 6.07 Å². The fraction of sp³-hybridized carbons (Fsp3) is 0.389. The first-order valence-corrected chi connectivity index (χ1v) is 9.20. The molecule has 26 heavy (non-hydrogen) atoms. The first-order valence-electron chi connectivity index (χ1n) is 8.05. The highest BCUT2D eigenvalue weighted by atomic mass is 32.2. The van der Waals surface area contributed by atoms with Crippen LogP contribution in [0.3, 0.4) is 0 Å². The number of aromatic nitrogens is 2. The van der Waals surface area contributed by atoms with Crippen molar-refractivity contribution in [3.63, 3.8) is 0 Å². The molecule has 1 heterocycles. The number of nitriles is 1. The van der Waals surface area contributed by atoms with Crippen LogP contribution < -0.4 is 10.1 Å². The first kappa shape index (κ1) is 19.8. The molecule has 0 spiro atoms. The number of anilines is 1. The van der Waals surface area contributed by atoms with E-state index < -0.39 is 5.41 Å². The SMILES string of the molecule is CSOCCOc1cccc(-n2nc(C(C)(C)C#N)cc2NC(C)=O)c1. The van der Waals surface area contributed by atoms with Gasteiger partial charge < -0.3 is 14.2 Å². The second-order valence-electron chi connectivity index (χ2n) is 6.08. The second kappa shape index (κ2) is 8.74. The second-order valence-corrected chi connectivity index (χ2v) is 6.65. The topological polar surface area (TPSA) is 89.2 Å². The lowest BCUT2D eigenvalue weighted by atomic mass is 9.92. The standard InChI is InChI=1S/C18H22N4O3S/c1-13(23)20-17-11-16(18(2,3)12-19)21-22(17)14-6-5-7-15(10-14)24-8-9-25-26-4/h5-7,10-11H,8-9H2,1-4H3,(H,20,23). The predicted molar refractivity (Wildman–Crippen MR) is 101 cm³/mol. The summed E-state index contributed by atoms with van der Waals surface area (Å²) in [5.74, 6) is 0.949. The maximum absolute atomic E-state index is 11.5. The van der Waals surface area contributed by atoms with Gasteiger partial charge in [0.2, 0.25) is 5.91 Å². The van der Waals surface area contributed by atoms with E-state index in [1.807, 2.05) is 30.5 Å². The molecule has 1 aromatic carbocycles. The summed E-state index contributed by atoms with van der Waals surface area (Å²) in [5.41, 5.74) is 0.516. The Morgan fingerprint density at radius 3 is 2.81 bits per heavy atom. The summed E-state index contributed by atoms with van der Waals surface area (Å²) in [4.78, 5) is 11.5. The average Bonchev–Trinajstić information content (AvgIpc) is 3.03. The Morgan fingerprint density at radius 2 is 2.15 bits per heavy atom. The first-order chi connectivity index (χ1) is 12.4. The zero-order valence-corrected chi connectivity index (χ0v) is 16.1. The number of rotatable bonds is 8. The van der Waals surface area contributed by atoms with Crippen molar-refractivity contribution in [1.29, 1.82) is 5.26 Å². The molecule has 0 saturated heterocycles. The van der Waals surface area contributed by atoms with Gasteiger partial charge in [-0.3, -0.25) is 4.79 Å². The van der Waals surface area contributed by atoms with Crippen LogP contribution in [0.5, 0.6) is 5.75 Å². The van der Waals surface area contributed by atoms with Gasteiger partial charge >= 0.3 is 0 Å². The van der Waals surface area contributed by atoms with Crippen LogP contribution >= 0.6 is 12.0 Å². The third-order valence-corrected chi connectivity index (χ3v) is 3.95. The molecule has 2 rings (SSSR count). The van der Waals surface area contributed by atoms with E-state index >= 15 is 0 Å². The van der Waals surface area contributed by atoms with Gasteiger partial charge in [0, 0.05) is 25.3 Å². The van der Waals surface area contributed by atoms with E-state index in [0.717, 1.165) is 5.69 Å². The van der Waals surface area contributed by atoms with Crippen molar-refractivity contribution in [1.82, 2.24) is 9.78 Å². The molecule has 0 unspecified atom stereocenters. The minimum atomic E-state index is -0.776. The molecule has 1 amide bonds. The third kappa shape index (κ3) is 5.00. The Balaban J connectivity index is 2.34. The fourth-order valence-electron chi connectivity index (χ4n) is 2.19. The molecular formula is C18H22N4O3S. The van der Waals surface area contributed by atoms with Gasteiger partial charge in [0.25, 0.3) is 0 Å². The lowest BCUT2D eigenvalue weighted by Gasteiger charge is -2.11. The van der Waals surface area contributed by atoms with Crippen LogP contribution in [0.15, 0.2) is 30.3 Å². The Bertz CT molecular complexity index is 811. The molecule has 0 atom stereocenters. The number of hydrogen-bond donors (Lipinski definition) is 1. The highest BCUT2D eigenvalue weighted by Crippen LogP contribution is 2.27. The van der Waals surface area contributed by atoms with E-state index in [-0.39, 0.29) is 5.91 Å². The van der Waals surface area contributed by atoms with E-state index in [0.29, 0.717) is 30.5 Å². The van der Waals surface area contributed by atoms with Crippen molar-refractivity contribution >= 4 is 23.8 Å². The quantitative estimate of drug-likeness (QED) is 0.563. The molecule has 0 saturated carbocycles. The number of nitrogens with one attached hydrogen (secondary N) is 1. The molecule has 2 aromatic rings. The minimum Gasteiger partial charge on any atom is -0.491 e. The summed E-state index contributed by atoms with van der Waals surface area (Å²) in [6, 6.07) is 11.3. The zero-order valence-electron chi connectivity index (χ0n) is 15.3. The largest absolute Gasteiger partial charge is 0.491 e. The van der Waals surface area contributed by atoms with Crippen LogP contribution in [0, 0.1) is 11.3 Å². The molecule has 0 radical (unpaired) electrons. The maximum atomic E-state index is 11.5. The van der Waals surface area contributed by atoms with E-state index in [1.165, 1.54) is 19.0 Å². The molecule has 8 heteroatoms. The van der Waals surface area contributed by atoms with Gasteiger partial charge in [0.15, 0.2) is 0 Å². The van der Waals surface area contributed by atoms with Crippen LogP contribution in [0.2, 0.25) is 0 Å². The van der Waals surface area contributed by atoms with Crippen molar-refractivity contribution in [2.75, 3.05) is 24.8 Å². The van der Waals surface area contributed by atoms with Crippen LogP contribution in [-0.4, -0.2) is 35.2 Å². The molecule has 0 aliphatic carbocycles. The maximum Gasteiger partial charge on any atom is 0.222 e. The number of nitrogens with zero attached hydrogens (tertiary/aromatic N) is 3. The van der Waals surface area contributed by atoms with Crippen LogP contribution in [0.4, 0.5) is 5.82 Å². The Hall–Kier alpha value is -2.50. The van der Waals surface area contributed by atoms with E-state index in [1.54, 1.807) is 24.6 Å². The summed E-state index contributed by atoms with van der Waals surface area (Å²) in [7, 11) is 0. The van der Waals surface area contributed by atoms with Crippen molar-refractivity contribution in [2.24, 2.45) is 0 Å². The Labute approximate surface area is 157 Å². The van der Waals surface area contributed by atoms with Gasteiger partial charge in [-0.15, -0.1) is 0 Å². The van der Waals surface area contributed by atoms with Crippen molar-refractivity contribution in [3.05, 3.63) is 36.0 Å². The monoisotopic (exact) mass is 374 g/mol. The van der Waals surface area contributed by atoms with E-state index in [4.69, 9.17) is 8.92 Å². The van der Waals surface area contributed by atoms with E-state index in [9.17, 15) is 10.1 Å². The number of carbonyl (C=O) groups is 1. The highest BCUT2D eigenvalue weighted by Gasteiger charge is 2.25. The van der Waals surface area contributed by atoms with Crippen molar-refractivity contribution in [3.8, 4) is 17.5 Å². The molecule has 0 fully saturated rings. The van der Waals surface area contributed by atoms with Crippen LogP contribution in [-0.2, 0) is 14.4 Å². The molecular weight excluding hydrogens is 352 g/mol. The molecule has 1 aromatic heterocycles. The third-order valence-electron chi connectivity index (χ3n) is 3.55. The Kier molecular flexibility index (Phi) is 6.66. The molecule has 0 aliphatic rings. The van der Waals surface area contributed by atoms with Gasteiger partial charge in [0.1, 0.15) is 18.2 Å². The minimum absolute atomic E-state index is 0.214. The summed E-state index contributed by atoms with van der Waals surface area (Å²) >= 11 is 1.29. The predicted octanol–water partition coefficient (Wildman–Crippen LogP) is 3.31. The highest BCUT2D eigenvalue weighted by molar-refractivity contribution is 7.93. The lowest BCUT2D eigenvalue weighted by molar-refractivity contribution is -0.114. The number of amides is 1. The summed E-state index contributed by atoms with van der Waals surface area (Å²) in [6.07, 6.45) is 1.85. The normalized spacial score (nSPS) is 11.0. The average molecular weight is 374 g/mol. The van der Waals surface area contributed by atoms with Gasteiger partial charge in [-0.05, 0) is 38.0 Å². The molecule has 7 nitrogen and oxygen atoms in total. The number of carbonyl (C=O) groups excluding carboxylic acids is 1. The van der Waals surface area contributed by atoms with Crippen LogP contribution in [0.1, 0.15) is 26.5 Å². The smallest absolute Gasteiger partial charge is 0.222 e. The van der Waals surface area contributed by atoms with Crippen LogP contribution in [0.25, 0.3) is 5.69 Å². The van der Waals surface area contributed by atoms with E-state index in [2.05, 4.69) is 16.5 Å². The summed E-state index contributed by atoms with van der Waals surface area (Å²) in [5, 5.41) is 16.6. The zero-order chi connectivity index (χ0) is 19.2. The fourth-order valence-corrected chi connectivity index (χ4v) is 2.43. The molecule has 0 aliphatic heterocycles. The van der Waals surface area contributed by atoms with Crippen molar-refractivity contribution < 1.29 is 13.7 Å². The molecule has 1 N–H and O–H groups in total. The summed E-state index contributed by atoms with van der Waals surface area (Å²) < 4.78 is 12.4. The summed E-state index contributed by atoms with van der Waals surface area (Å²) in [6.45, 7) is 5.89. The lowest BCUT2D eigenvalue weighted by Crippen LogP contribution is -2.15. The van der Waals surface area contributed by atoms with Gasteiger partial charge in [0.05, 0.1) is 29.5 Å². The number of hydrogen-bond acceptors (Lipinski definition) is 6. The molecule has 138 valence electrons. The van der Waals surface area contributed by atoms with Gasteiger partial charge in [-0.2, -0.15) is 10.4 Å². The Morgan fingerprint density at radius 1 is 1.38 bits per heavy atom.